The average Bonchev–Trinajstić information content (AvgIpc) is 3.34. The van der Waals surface area contributed by atoms with Crippen LogP contribution in [0.5, 0.6) is 0 Å². The Hall–Kier alpha value is -3.61. The lowest BCUT2D eigenvalue weighted by molar-refractivity contribution is -0.387. The smallest absolute Gasteiger partial charge is 0.283 e. The van der Waals surface area contributed by atoms with Crippen molar-refractivity contribution in [2.45, 2.75) is 42.8 Å². The van der Waals surface area contributed by atoms with Gasteiger partial charge in [-0.1, -0.05) is 25.0 Å². The number of aromatic nitrogens is 7. The molecule has 0 bridgehead atoms. The maximum absolute atomic E-state index is 13.2. The van der Waals surface area contributed by atoms with Gasteiger partial charge in [0.25, 0.3) is 5.69 Å². The van der Waals surface area contributed by atoms with Crippen LogP contribution in [0.25, 0.3) is 0 Å². The molecule has 2 aromatic heterocycles. The molecule has 1 aliphatic carbocycles. The number of anilines is 1. The number of aryl methyl sites for hydroxylation is 1. The van der Waals surface area contributed by atoms with Crippen LogP contribution >= 0.6 is 11.8 Å². The molecule has 164 valence electrons. The molecular weight excluding hydrogens is 434 g/mol. The SMILES string of the molecule is Cn1cnnc1Sc1ccc(C2C3=C(CC(C)(C)CC3=O)Nc3nnnn32)cc1[N+](=O)[O-]. The number of tetrazole rings is 1. The Morgan fingerprint density at radius 3 is 2.81 bits per heavy atom. The maximum atomic E-state index is 13.2. The number of carbonyl (C=O) groups excluding carboxylic acids is 1. The summed E-state index contributed by atoms with van der Waals surface area (Å²) in [6.07, 6.45) is 2.56. The minimum atomic E-state index is -0.646. The Balaban J connectivity index is 1.62. The van der Waals surface area contributed by atoms with Gasteiger partial charge >= 0.3 is 0 Å². The lowest BCUT2D eigenvalue weighted by Crippen LogP contribution is -2.36. The van der Waals surface area contributed by atoms with E-state index in [0.717, 1.165) is 17.5 Å². The second-order valence-electron chi connectivity index (χ2n) is 8.62. The van der Waals surface area contributed by atoms with E-state index in [1.165, 1.54) is 17.1 Å². The Bertz CT molecular complexity index is 1290. The number of nitro groups is 1. The van der Waals surface area contributed by atoms with E-state index >= 15 is 0 Å². The van der Waals surface area contributed by atoms with E-state index in [2.05, 4.69) is 31.0 Å². The number of hydrogen-bond donors (Lipinski definition) is 1. The summed E-state index contributed by atoms with van der Waals surface area (Å²) in [4.78, 5) is 25.1. The molecule has 5 rings (SSSR count). The van der Waals surface area contributed by atoms with E-state index in [-0.39, 0.29) is 16.9 Å². The van der Waals surface area contributed by atoms with Crippen molar-refractivity contribution in [3.05, 3.63) is 51.5 Å². The van der Waals surface area contributed by atoms with Crippen LogP contribution in [0.15, 0.2) is 45.8 Å². The molecule has 2 aliphatic rings. The van der Waals surface area contributed by atoms with Crippen LogP contribution in [-0.2, 0) is 11.8 Å². The third kappa shape index (κ3) is 3.34. The zero-order valence-electron chi connectivity index (χ0n) is 17.5. The first kappa shape index (κ1) is 20.3. The van der Waals surface area contributed by atoms with E-state index < -0.39 is 11.0 Å². The van der Waals surface area contributed by atoms with Gasteiger partial charge in [-0.15, -0.1) is 10.2 Å². The van der Waals surface area contributed by atoms with Crippen LogP contribution < -0.4 is 5.32 Å². The zero-order valence-corrected chi connectivity index (χ0v) is 18.3. The summed E-state index contributed by atoms with van der Waals surface area (Å²) in [6.45, 7) is 4.07. The summed E-state index contributed by atoms with van der Waals surface area (Å²) in [7, 11) is 1.76. The number of hydrogen-bond acceptors (Lipinski definition) is 10. The first-order valence-electron chi connectivity index (χ1n) is 9.85. The number of benzene rings is 1. The minimum Gasteiger partial charge on any atom is -0.326 e. The number of nitrogens with one attached hydrogen (secondary N) is 1. The van der Waals surface area contributed by atoms with E-state index in [4.69, 9.17) is 0 Å². The summed E-state index contributed by atoms with van der Waals surface area (Å²) in [5.41, 5.74) is 1.58. The molecule has 0 saturated heterocycles. The fourth-order valence-corrected chi connectivity index (χ4v) is 5.03. The minimum absolute atomic E-state index is 0.0184. The number of rotatable bonds is 4. The second kappa shape index (κ2) is 7.22. The molecule has 0 saturated carbocycles. The fraction of sp³-hybridized carbons (Fsp3) is 0.368. The van der Waals surface area contributed by atoms with Gasteiger partial charge in [-0.25, -0.2) is 0 Å². The van der Waals surface area contributed by atoms with Gasteiger partial charge in [-0.05, 0) is 45.7 Å². The molecule has 1 N–H and O–H groups in total. The van der Waals surface area contributed by atoms with E-state index in [1.807, 2.05) is 13.8 Å². The van der Waals surface area contributed by atoms with Crippen molar-refractivity contribution in [1.82, 2.24) is 35.0 Å². The third-order valence-electron chi connectivity index (χ3n) is 5.56. The maximum Gasteiger partial charge on any atom is 0.283 e. The largest absolute Gasteiger partial charge is 0.326 e. The van der Waals surface area contributed by atoms with Crippen molar-refractivity contribution in [3.63, 3.8) is 0 Å². The molecule has 1 aromatic carbocycles. The first-order chi connectivity index (χ1) is 15.2. The predicted molar refractivity (Wildman–Crippen MR) is 113 cm³/mol. The summed E-state index contributed by atoms with van der Waals surface area (Å²) in [5, 5.41) is 35.2. The van der Waals surface area contributed by atoms with Gasteiger partial charge in [-0.3, -0.25) is 14.9 Å². The Kier molecular flexibility index (Phi) is 4.58. The summed E-state index contributed by atoms with van der Waals surface area (Å²) in [6, 6.07) is 4.27. The van der Waals surface area contributed by atoms with Crippen LogP contribution in [0.1, 0.15) is 38.3 Å². The lowest BCUT2D eigenvalue weighted by Gasteiger charge is -2.37. The Labute approximate surface area is 186 Å². The summed E-state index contributed by atoms with van der Waals surface area (Å²) >= 11 is 1.15. The molecule has 3 heterocycles. The monoisotopic (exact) mass is 453 g/mol. The van der Waals surface area contributed by atoms with Crippen LogP contribution in [-0.4, -0.2) is 45.7 Å². The number of nitrogens with zero attached hydrogens (tertiary/aromatic N) is 8. The van der Waals surface area contributed by atoms with Crippen LogP contribution in [0.3, 0.4) is 0 Å². The Morgan fingerprint density at radius 1 is 1.28 bits per heavy atom. The van der Waals surface area contributed by atoms with E-state index in [0.29, 0.717) is 40.0 Å². The third-order valence-corrected chi connectivity index (χ3v) is 6.68. The van der Waals surface area contributed by atoms with Crippen molar-refractivity contribution < 1.29 is 9.72 Å². The van der Waals surface area contributed by atoms with Crippen LogP contribution in [0.2, 0.25) is 0 Å². The highest BCUT2D eigenvalue weighted by Crippen LogP contribution is 2.46. The number of allylic oxidation sites excluding steroid dienone is 2. The van der Waals surface area contributed by atoms with Crippen molar-refractivity contribution in [2.75, 3.05) is 5.32 Å². The molecule has 1 aliphatic heterocycles. The molecule has 0 fully saturated rings. The second-order valence-corrected chi connectivity index (χ2v) is 9.63. The fourth-order valence-electron chi connectivity index (χ4n) is 4.18. The first-order valence-corrected chi connectivity index (χ1v) is 10.7. The van der Waals surface area contributed by atoms with Crippen LogP contribution in [0, 0.1) is 15.5 Å². The Morgan fingerprint density at radius 2 is 2.09 bits per heavy atom. The van der Waals surface area contributed by atoms with Crippen molar-refractivity contribution in [3.8, 4) is 0 Å². The van der Waals surface area contributed by atoms with Gasteiger partial charge in [0.1, 0.15) is 12.4 Å². The van der Waals surface area contributed by atoms with Gasteiger partial charge in [-0.2, -0.15) is 4.68 Å². The van der Waals surface area contributed by atoms with Crippen molar-refractivity contribution in [1.29, 1.82) is 0 Å². The van der Waals surface area contributed by atoms with Crippen molar-refractivity contribution >= 4 is 29.2 Å². The highest BCUT2D eigenvalue weighted by Gasteiger charge is 2.42. The quantitative estimate of drug-likeness (QED) is 0.461. The number of carbonyl (C=O) groups is 1. The number of ketones is 1. The molecule has 0 amide bonds. The van der Waals surface area contributed by atoms with Gasteiger partial charge in [0.15, 0.2) is 10.9 Å². The average molecular weight is 453 g/mol. The van der Waals surface area contributed by atoms with E-state index in [9.17, 15) is 14.9 Å². The molecule has 1 unspecified atom stereocenters. The molecule has 0 radical (unpaired) electrons. The molecule has 1 atom stereocenters. The lowest BCUT2D eigenvalue weighted by atomic mass is 9.73. The van der Waals surface area contributed by atoms with Gasteiger partial charge in [0.2, 0.25) is 5.95 Å². The van der Waals surface area contributed by atoms with Crippen molar-refractivity contribution in [2.24, 2.45) is 12.5 Å². The topological polar surface area (TPSA) is 147 Å². The van der Waals surface area contributed by atoms with Gasteiger partial charge in [0, 0.05) is 30.8 Å². The molecule has 13 heteroatoms. The molecule has 32 heavy (non-hydrogen) atoms. The number of nitro benzene ring substituents is 1. The summed E-state index contributed by atoms with van der Waals surface area (Å²) < 4.78 is 3.19. The van der Waals surface area contributed by atoms with Gasteiger partial charge in [0.05, 0.1) is 9.82 Å². The number of fused-ring (bicyclic) bond motifs is 1. The molecule has 3 aromatic rings. The summed E-state index contributed by atoms with van der Waals surface area (Å²) in [5.74, 6) is 0.384. The highest BCUT2D eigenvalue weighted by atomic mass is 32.2. The zero-order chi connectivity index (χ0) is 22.6. The molecular formula is C19H19N9O3S. The van der Waals surface area contributed by atoms with Crippen LogP contribution in [0.4, 0.5) is 11.6 Å². The standard InChI is InChI=1S/C19H19N9O3S/c1-19(2)7-11-15(13(29)8-19)16(27-17(21-11)22-24-25-27)10-4-5-14(12(6-10)28(30)31)32-18-23-20-9-26(18)3/h4-6,9,16H,7-8H2,1-3H3,(H,21,22,25). The normalized spacial score (nSPS) is 19.3. The predicted octanol–water partition coefficient (Wildman–Crippen LogP) is 2.52. The highest BCUT2D eigenvalue weighted by molar-refractivity contribution is 7.99. The van der Waals surface area contributed by atoms with Gasteiger partial charge < -0.3 is 9.88 Å². The number of Topliss-reactive ketones (excluding diaryl/α,β-unsaturated/α-hetero) is 1. The molecule has 12 nitrogen and oxygen atoms in total. The molecule has 0 spiro atoms. The van der Waals surface area contributed by atoms with E-state index in [1.54, 1.807) is 23.7 Å².